The molecule has 0 bridgehead atoms. The van der Waals surface area contributed by atoms with Crippen LogP contribution < -0.4 is 5.56 Å². The lowest BCUT2D eigenvalue weighted by atomic mass is 10.1. The van der Waals surface area contributed by atoms with Crippen LogP contribution in [0.2, 0.25) is 5.02 Å². The number of hydrogen-bond donors (Lipinski definition) is 1. The van der Waals surface area contributed by atoms with E-state index in [2.05, 4.69) is 9.97 Å². The number of fused-ring (bicyclic) bond motifs is 1. The summed E-state index contributed by atoms with van der Waals surface area (Å²) in [5.41, 5.74) is 0.166. The first-order chi connectivity index (χ1) is 14.9. The summed E-state index contributed by atoms with van der Waals surface area (Å²) < 4.78 is 5.67. The van der Waals surface area contributed by atoms with Crippen molar-refractivity contribution in [2.24, 2.45) is 0 Å². The van der Waals surface area contributed by atoms with Crippen molar-refractivity contribution in [3.05, 3.63) is 79.3 Å². The van der Waals surface area contributed by atoms with Gasteiger partial charge in [-0.25, -0.2) is 4.98 Å². The predicted octanol–water partition coefficient (Wildman–Crippen LogP) is 3.31. The van der Waals surface area contributed by atoms with E-state index in [-0.39, 0.29) is 41.0 Å². The third kappa shape index (κ3) is 4.57. The van der Waals surface area contributed by atoms with Gasteiger partial charge in [0.15, 0.2) is 0 Å². The van der Waals surface area contributed by atoms with Crippen LogP contribution in [-0.4, -0.2) is 45.0 Å². The van der Waals surface area contributed by atoms with Gasteiger partial charge < -0.3 is 14.6 Å². The summed E-state index contributed by atoms with van der Waals surface area (Å²) in [6.45, 7) is 0.935. The molecule has 1 aliphatic rings. The number of para-hydroxylation sites is 1. The number of nitro benzene ring substituents is 1. The van der Waals surface area contributed by atoms with Gasteiger partial charge in [-0.1, -0.05) is 23.7 Å². The molecular weight excluding hydrogens is 424 g/mol. The standard InChI is InChI=1S/C21H19ClN4O5/c22-17-10-13(26(29)30)7-8-15(17)21(28)25(11-14-4-3-9-31-14)12-19-23-18-6-2-1-5-16(18)20(27)24-19/h1-2,5-8,10,14H,3-4,9,11-12H2,(H,23,24,27). The van der Waals surface area contributed by atoms with Gasteiger partial charge in [-0.3, -0.25) is 19.7 Å². The molecule has 0 spiro atoms. The summed E-state index contributed by atoms with van der Waals surface area (Å²) in [7, 11) is 0. The average Bonchev–Trinajstić information content (AvgIpc) is 3.26. The number of non-ortho nitro benzene ring substituents is 1. The minimum absolute atomic E-state index is 0.0171. The van der Waals surface area contributed by atoms with E-state index in [1.165, 1.54) is 17.0 Å². The van der Waals surface area contributed by atoms with Gasteiger partial charge in [0.2, 0.25) is 0 Å². The van der Waals surface area contributed by atoms with E-state index in [1.807, 2.05) is 0 Å². The first-order valence-electron chi connectivity index (χ1n) is 9.75. The Bertz CT molecular complexity index is 1210. The topological polar surface area (TPSA) is 118 Å². The molecule has 31 heavy (non-hydrogen) atoms. The van der Waals surface area contributed by atoms with E-state index >= 15 is 0 Å². The van der Waals surface area contributed by atoms with Gasteiger partial charge in [-0.15, -0.1) is 0 Å². The molecule has 0 saturated carbocycles. The van der Waals surface area contributed by atoms with E-state index in [0.717, 1.165) is 18.9 Å². The summed E-state index contributed by atoms with van der Waals surface area (Å²) in [6, 6.07) is 10.7. The van der Waals surface area contributed by atoms with Crippen molar-refractivity contribution in [1.29, 1.82) is 0 Å². The molecule has 10 heteroatoms. The second kappa shape index (κ2) is 8.83. The third-order valence-corrected chi connectivity index (χ3v) is 5.44. The zero-order chi connectivity index (χ0) is 22.0. The summed E-state index contributed by atoms with van der Waals surface area (Å²) in [5, 5.41) is 11.4. The number of aromatic amines is 1. The Morgan fingerprint density at radius 2 is 2.13 bits per heavy atom. The molecule has 1 aliphatic heterocycles. The highest BCUT2D eigenvalue weighted by Crippen LogP contribution is 2.25. The van der Waals surface area contributed by atoms with E-state index < -0.39 is 10.8 Å². The van der Waals surface area contributed by atoms with Crippen molar-refractivity contribution >= 4 is 34.1 Å². The van der Waals surface area contributed by atoms with Crippen LogP contribution in [0.5, 0.6) is 0 Å². The number of nitrogens with one attached hydrogen (secondary N) is 1. The zero-order valence-corrected chi connectivity index (χ0v) is 17.2. The van der Waals surface area contributed by atoms with Crippen LogP contribution in [0.15, 0.2) is 47.3 Å². The molecule has 160 valence electrons. The maximum atomic E-state index is 13.3. The highest BCUT2D eigenvalue weighted by Gasteiger charge is 2.26. The van der Waals surface area contributed by atoms with Gasteiger partial charge in [0.1, 0.15) is 5.82 Å². The molecule has 1 unspecified atom stereocenters. The van der Waals surface area contributed by atoms with Gasteiger partial charge >= 0.3 is 0 Å². The van der Waals surface area contributed by atoms with Crippen LogP contribution in [0.4, 0.5) is 5.69 Å². The molecule has 9 nitrogen and oxygen atoms in total. The molecule has 1 amide bonds. The number of benzene rings is 2. The summed E-state index contributed by atoms with van der Waals surface area (Å²) in [6.07, 6.45) is 1.56. The van der Waals surface area contributed by atoms with Crippen molar-refractivity contribution in [3.8, 4) is 0 Å². The van der Waals surface area contributed by atoms with Gasteiger partial charge in [0, 0.05) is 25.3 Å². The van der Waals surface area contributed by atoms with Crippen LogP contribution in [0, 0.1) is 10.1 Å². The molecule has 1 atom stereocenters. The molecule has 0 aliphatic carbocycles. The van der Waals surface area contributed by atoms with Gasteiger partial charge in [0.05, 0.1) is 39.1 Å². The predicted molar refractivity (Wildman–Crippen MR) is 114 cm³/mol. The average molecular weight is 443 g/mol. The molecule has 3 aromatic rings. The summed E-state index contributed by atoms with van der Waals surface area (Å²) in [4.78, 5) is 44.8. The number of halogens is 1. The molecule has 4 rings (SSSR count). The second-order valence-electron chi connectivity index (χ2n) is 7.27. The Hall–Kier alpha value is -3.30. The molecule has 1 aromatic heterocycles. The summed E-state index contributed by atoms with van der Waals surface area (Å²) in [5.74, 6) is -0.0979. The van der Waals surface area contributed by atoms with Gasteiger partial charge in [-0.2, -0.15) is 0 Å². The quantitative estimate of drug-likeness (QED) is 0.462. The Labute approximate surface area is 181 Å². The second-order valence-corrected chi connectivity index (χ2v) is 7.68. The molecule has 2 heterocycles. The number of nitrogens with zero attached hydrogens (tertiary/aromatic N) is 3. The normalized spacial score (nSPS) is 15.8. The van der Waals surface area contributed by atoms with Crippen molar-refractivity contribution in [3.63, 3.8) is 0 Å². The maximum absolute atomic E-state index is 13.3. The van der Waals surface area contributed by atoms with Crippen LogP contribution in [0.3, 0.4) is 0 Å². The molecular formula is C21H19ClN4O5. The van der Waals surface area contributed by atoms with Gasteiger partial charge in [0.25, 0.3) is 17.2 Å². The molecule has 1 saturated heterocycles. The minimum Gasteiger partial charge on any atom is -0.376 e. The fourth-order valence-corrected chi connectivity index (χ4v) is 3.86. The number of aromatic nitrogens is 2. The van der Waals surface area contributed by atoms with Crippen LogP contribution in [0.1, 0.15) is 29.0 Å². The molecule has 1 fully saturated rings. The van der Waals surface area contributed by atoms with Gasteiger partial charge in [-0.05, 0) is 31.0 Å². The van der Waals surface area contributed by atoms with Crippen LogP contribution >= 0.6 is 11.6 Å². The molecule has 0 radical (unpaired) electrons. The lowest BCUT2D eigenvalue weighted by molar-refractivity contribution is -0.384. The van der Waals surface area contributed by atoms with E-state index in [4.69, 9.17) is 16.3 Å². The number of rotatable bonds is 6. The highest BCUT2D eigenvalue weighted by atomic mass is 35.5. The number of hydrogen-bond acceptors (Lipinski definition) is 6. The van der Waals surface area contributed by atoms with E-state index in [0.29, 0.717) is 23.3 Å². The minimum atomic E-state index is -0.575. The van der Waals surface area contributed by atoms with E-state index in [1.54, 1.807) is 24.3 Å². The molecule has 2 aromatic carbocycles. The van der Waals surface area contributed by atoms with Crippen molar-refractivity contribution < 1.29 is 14.5 Å². The lowest BCUT2D eigenvalue weighted by Gasteiger charge is -2.25. The number of H-pyrrole nitrogens is 1. The third-order valence-electron chi connectivity index (χ3n) is 5.13. The highest BCUT2D eigenvalue weighted by molar-refractivity contribution is 6.34. The first kappa shape index (κ1) is 21.0. The number of amides is 1. The molecule has 1 N–H and O–H groups in total. The Morgan fingerprint density at radius 3 is 2.84 bits per heavy atom. The smallest absolute Gasteiger partial charge is 0.270 e. The number of carbonyl (C=O) groups is 1. The zero-order valence-electron chi connectivity index (χ0n) is 16.4. The maximum Gasteiger partial charge on any atom is 0.270 e. The van der Waals surface area contributed by atoms with Crippen LogP contribution in [0.25, 0.3) is 10.9 Å². The fraction of sp³-hybridized carbons (Fsp3) is 0.286. The van der Waals surface area contributed by atoms with Crippen molar-refractivity contribution in [2.75, 3.05) is 13.2 Å². The Kier molecular flexibility index (Phi) is 5.97. The number of carbonyl (C=O) groups excluding carboxylic acids is 1. The Morgan fingerprint density at radius 1 is 1.32 bits per heavy atom. The Balaban J connectivity index is 1.66. The monoisotopic (exact) mass is 442 g/mol. The van der Waals surface area contributed by atoms with E-state index in [9.17, 15) is 19.7 Å². The first-order valence-corrected chi connectivity index (χ1v) is 10.1. The van der Waals surface area contributed by atoms with Crippen molar-refractivity contribution in [1.82, 2.24) is 14.9 Å². The fourth-order valence-electron chi connectivity index (χ4n) is 3.61. The van der Waals surface area contributed by atoms with Crippen LogP contribution in [-0.2, 0) is 11.3 Å². The lowest BCUT2D eigenvalue weighted by Crippen LogP contribution is -2.38. The number of ether oxygens (including phenoxy) is 1. The summed E-state index contributed by atoms with van der Waals surface area (Å²) >= 11 is 6.18. The number of nitro groups is 1. The SMILES string of the molecule is O=C(c1ccc([N+](=O)[O-])cc1Cl)N(Cc1nc2ccccc2c(=O)[nH]1)CC1CCCO1. The van der Waals surface area contributed by atoms with Crippen molar-refractivity contribution in [2.45, 2.75) is 25.5 Å². The largest absolute Gasteiger partial charge is 0.376 e.